The molecule has 0 bridgehead atoms. The Morgan fingerprint density at radius 2 is 2.08 bits per heavy atom. The lowest BCUT2D eigenvalue weighted by Crippen LogP contribution is -2.51. The average molecular weight is 367 g/mol. The predicted octanol–water partition coefficient (Wildman–Crippen LogP) is 2.00. The molecule has 2 rings (SSSR count). The Kier molecular flexibility index (Phi) is 5.99. The van der Waals surface area contributed by atoms with Gasteiger partial charge in [-0.1, -0.05) is 13.8 Å². The molecule has 9 heteroatoms. The number of nitrogens with one attached hydrogen (secondary N) is 2. The summed E-state index contributed by atoms with van der Waals surface area (Å²) in [5.74, 6) is -0.290. The van der Waals surface area contributed by atoms with Gasteiger partial charge in [0.05, 0.1) is 5.69 Å². The van der Waals surface area contributed by atoms with E-state index in [0.29, 0.717) is 13.0 Å². The number of ether oxygens (including phenoxy) is 1. The molecule has 0 radical (unpaired) electrons. The van der Waals surface area contributed by atoms with Crippen molar-refractivity contribution in [2.45, 2.75) is 52.7 Å². The molecule has 138 valence electrons. The van der Waals surface area contributed by atoms with Crippen molar-refractivity contribution in [3.05, 3.63) is 17.4 Å². The maximum absolute atomic E-state index is 12.4. The number of nitrogens with zero attached hydrogens (tertiary/aromatic N) is 3. The number of fused-ring (bicyclic) bond motifs is 1. The molecular formula is C16H25N5O3S. The molecule has 2 aromatic rings. The van der Waals surface area contributed by atoms with Crippen molar-refractivity contribution in [1.82, 2.24) is 25.2 Å². The summed E-state index contributed by atoms with van der Waals surface area (Å²) in [5.41, 5.74) is 0.378. The van der Waals surface area contributed by atoms with Gasteiger partial charge in [0.25, 0.3) is 0 Å². The predicted molar refractivity (Wildman–Crippen MR) is 95.6 cm³/mol. The van der Waals surface area contributed by atoms with Crippen molar-refractivity contribution in [3.63, 3.8) is 0 Å². The van der Waals surface area contributed by atoms with E-state index in [9.17, 15) is 9.59 Å². The molecule has 0 aromatic carbocycles. The number of aromatic nitrogens is 3. The maximum Gasteiger partial charge on any atom is 0.408 e. The van der Waals surface area contributed by atoms with Crippen molar-refractivity contribution in [3.8, 4) is 0 Å². The van der Waals surface area contributed by atoms with Crippen LogP contribution in [0.4, 0.5) is 4.79 Å². The second-order valence-corrected chi connectivity index (χ2v) is 7.93. The van der Waals surface area contributed by atoms with Crippen LogP contribution in [0.1, 0.15) is 40.3 Å². The normalized spacial score (nSPS) is 13.0. The molecule has 2 amide bonds. The first-order valence-corrected chi connectivity index (χ1v) is 9.08. The van der Waals surface area contributed by atoms with Gasteiger partial charge in [0.15, 0.2) is 0 Å². The summed E-state index contributed by atoms with van der Waals surface area (Å²) in [6.45, 7) is 9.54. The highest BCUT2D eigenvalue weighted by atomic mass is 32.1. The fourth-order valence-electron chi connectivity index (χ4n) is 2.24. The summed E-state index contributed by atoms with van der Waals surface area (Å²) in [6.07, 6.45) is 1.54. The van der Waals surface area contributed by atoms with Gasteiger partial charge in [-0.15, -0.1) is 11.3 Å². The lowest BCUT2D eigenvalue weighted by atomic mass is 10.0. The van der Waals surface area contributed by atoms with E-state index in [2.05, 4.69) is 20.7 Å². The van der Waals surface area contributed by atoms with Gasteiger partial charge < -0.3 is 15.4 Å². The number of hydrogen-bond acceptors (Lipinski definition) is 6. The molecule has 0 aliphatic carbocycles. The summed E-state index contributed by atoms with van der Waals surface area (Å²) >= 11 is 1.51. The Bertz CT molecular complexity index is 732. The minimum Gasteiger partial charge on any atom is -0.444 e. The first-order chi connectivity index (χ1) is 11.7. The Balaban J connectivity index is 1.87. The van der Waals surface area contributed by atoms with E-state index in [0.717, 1.165) is 10.7 Å². The van der Waals surface area contributed by atoms with Crippen LogP contribution in [0.3, 0.4) is 0 Å². The van der Waals surface area contributed by atoms with Crippen LogP contribution >= 0.6 is 11.3 Å². The number of thiazole rings is 1. The van der Waals surface area contributed by atoms with Crippen LogP contribution in [0.15, 0.2) is 11.7 Å². The first kappa shape index (κ1) is 19.2. The number of carbonyl (C=O) groups excluding carboxylic acids is 2. The van der Waals surface area contributed by atoms with Gasteiger partial charge in [0.1, 0.15) is 18.0 Å². The van der Waals surface area contributed by atoms with Gasteiger partial charge in [-0.25, -0.2) is 14.3 Å². The second kappa shape index (κ2) is 7.81. The molecule has 0 spiro atoms. The quantitative estimate of drug-likeness (QED) is 0.814. The number of amides is 2. The highest BCUT2D eigenvalue weighted by molar-refractivity contribution is 7.15. The van der Waals surface area contributed by atoms with Crippen LogP contribution in [0.2, 0.25) is 0 Å². The minimum absolute atomic E-state index is 0.0595. The SMILES string of the molecule is CC(C)C(NC(=O)OC(C)(C)C)C(=O)NCCc1csc2ncnn12. The molecular weight excluding hydrogens is 342 g/mol. The van der Waals surface area contributed by atoms with E-state index in [1.54, 1.807) is 25.3 Å². The lowest BCUT2D eigenvalue weighted by molar-refractivity contribution is -0.124. The van der Waals surface area contributed by atoms with Gasteiger partial charge in [0.2, 0.25) is 10.9 Å². The number of hydrogen-bond donors (Lipinski definition) is 2. The molecule has 2 heterocycles. The molecule has 2 N–H and O–H groups in total. The topological polar surface area (TPSA) is 97.6 Å². The summed E-state index contributed by atoms with van der Waals surface area (Å²) in [5, 5.41) is 11.6. The summed E-state index contributed by atoms with van der Waals surface area (Å²) in [4.78, 5) is 29.3. The molecule has 0 fully saturated rings. The van der Waals surface area contributed by atoms with E-state index in [1.165, 1.54) is 17.7 Å². The molecule has 0 aliphatic heterocycles. The summed E-state index contributed by atoms with van der Waals surface area (Å²) < 4.78 is 6.98. The monoisotopic (exact) mass is 367 g/mol. The van der Waals surface area contributed by atoms with Crippen LogP contribution in [-0.4, -0.2) is 44.8 Å². The van der Waals surface area contributed by atoms with Crippen LogP contribution in [0.5, 0.6) is 0 Å². The van der Waals surface area contributed by atoms with E-state index in [1.807, 2.05) is 19.2 Å². The molecule has 0 saturated heterocycles. The molecule has 25 heavy (non-hydrogen) atoms. The average Bonchev–Trinajstić information content (AvgIpc) is 3.07. The highest BCUT2D eigenvalue weighted by Crippen LogP contribution is 2.13. The molecule has 1 unspecified atom stereocenters. The molecule has 8 nitrogen and oxygen atoms in total. The van der Waals surface area contributed by atoms with Crippen molar-refractivity contribution < 1.29 is 14.3 Å². The Labute approximate surface area is 151 Å². The maximum atomic E-state index is 12.4. The van der Waals surface area contributed by atoms with E-state index < -0.39 is 17.7 Å². The Morgan fingerprint density at radius 1 is 1.36 bits per heavy atom. The van der Waals surface area contributed by atoms with Crippen molar-refractivity contribution in [2.24, 2.45) is 5.92 Å². The number of rotatable bonds is 6. The molecule has 1 atom stereocenters. The summed E-state index contributed by atoms with van der Waals surface area (Å²) in [6, 6.07) is -0.649. The van der Waals surface area contributed by atoms with Crippen LogP contribution in [0, 0.1) is 5.92 Å². The third-order valence-corrected chi connectivity index (χ3v) is 4.27. The largest absolute Gasteiger partial charge is 0.444 e. The fraction of sp³-hybridized carbons (Fsp3) is 0.625. The zero-order valence-electron chi connectivity index (χ0n) is 15.2. The van der Waals surface area contributed by atoms with Crippen molar-refractivity contribution >= 4 is 28.3 Å². The van der Waals surface area contributed by atoms with E-state index >= 15 is 0 Å². The van der Waals surface area contributed by atoms with Crippen LogP contribution < -0.4 is 10.6 Å². The summed E-state index contributed by atoms with van der Waals surface area (Å²) in [7, 11) is 0. The van der Waals surface area contributed by atoms with Crippen LogP contribution in [0.25, 0.3) is 4.96 Å². The Hall–Kier alpha value is -2.16. The number of alkyl carbamates (subject to hydrolysis) is 1. The standard InChI is InChI=1S/C16H25N5O3S/c1-10(2)12(20-15(23)24-16(3,4)5)13(22)17-7-6-11-8-25-14-18-9-19-21(11)14/h8-10,12H,6-7H2,1-5H3,(H,17,22)(H,20,23). The van der Waals surface area contributed by atoms with Crippen molar-refractivity contribution in [2.75, 3.05) is 6.54 Å². The third kappa shape index (κ3) is 5.42. The fourth-order valence-corrected chi connectivity index (χ4v) is 3.07. The highest BCUT2D eigenvalue weighted by Gasteiger charge is 2.26. The molecule has 0 aliphatic rings. The van der Waals surface area contributed by atoms with Gasteiger partial charge in [-0.2, -0.15) is 5.10 Å². The second-order valence-electron chi connectivity index (χ2n) is 7.09. The molecule has 2 aromatic heterocycles. The molecule has 0 saturated carbocycles. The zero-order chi connectivity index (χ0) is 18.6. The smallest absolute Gasteiger partial charge is 0.408 e. The third-order valence-electron chi connectivity index (χ3n) is 3.39. The van der Waals surface area contributed by atoms with Gasteiger partial charge in [-0.05, 0) is 26.7 Å². The zero-order valence-corrected chi connectivity index (χ0v) is 16.0. The van der Waals surface area contributed by atoms with Crippen LogP contribution in [-0.2, 0) is 16.0 Å². The van der Waals surface area contributed by atoms with Gasteiger partial charge in [0, 0.05) is 18.3 Å². The van der Waals surface area contributed by atoms with Crippen molar-refractivity contribution in [1.29, 1.82) is 0 Å². The van der Waals surface area contributed by atoms with Gasteiger partial charge >= 0.3 is 6.09 Å². The van der Waals surface area contributed by atoms with E-state index in [-0.39, 0.29) is 11.8 Å². The van der Waals surface area contributed by atoms with E-state index in [4.69, 9.17) is 4.74 Å². The van der Waals surface area contributed by atoms with Gasteiger partial charge in [-0.3, -0.25) is 4.79 Å². The minimum atomic E-state index is -0.649. The number of carbonyl (C=O) groups is 2. The Morgan fingerprint density at radius 3 is 2.72 bits per heavy atom. The first-order valence-electron chi connectivity index (χ1n) is 8.20. The lowest BCUT2D eigenvalue weighted by Gasteiger charge is -2.25.